The van der Waals surface area contributed by atoms with Crippen LogP contribution in [0.5, 0.6) is 0 Å². The van der Waals surface area contributed by atoms with Gasteiger partial charge in [-0.05, 0) is 18.4 Å². The van der Waals surface area contributed by atoms with Gasteiger partial charge in [0.25, 0.3) is 5.91 Å². The standard InChI is InChI=1S/C10H13NO4S/c1-6(10(13)14)11-9(12)8-7(5-15-2)3-4-16-8/h3-4,6H,5H2,1-2H3,(H,11,12)(H,13,14)/t6-/m0/s1. The monoisotopic (exact) mass is 243 g/mol. The van der Waals surface area contributed by atoms with E-state index in [1.54, 1.807) is 18.6 Å². The lowest BCUT2D eigenvalue weighted by molar-refractivity contribution is -0.138. The van der Waals surface area contributed by atoms with Gasteiger partial charge in [0.2, 0.25) is 0 Å². The highest BCUT2D eigenvalue weighted by atomic mass is 32.1. The predicted octanol–water partition coefficient (Wildman–Crippen LogP) is 1.10. The Morgan fingerprint density at radius 3 is 2.88 bits per heavy atom. The van der Waals surface area contributed by atoms with Crippen molar-refractivity contribution in [2.45, 2.75) is 19.6 Å². The second kappa shape index (κ2) is 5.62. The van der Waals surface area contributed by atoms with Gasteiger partial charge in [0, 0.05) is 12.7 Å². The Bertz CT molecular complexity index is 388. The van der Waals surface area contributed by atoms with Crippen LogP contribution in [0.3, 0.4) is 0 Å². The number of carboxylic acid groups (broad SMARTS) is 1. The molecule has 0 spiro atoms. The average Bonchev–Trinajstić information content (AvgIpc) is 2.66. The SMILES string of the molecule is COCc1ccsc1C(=O)N[C@@H](C)C(=O)O. The molecule has 0 unspecified atom stereocenters. The second-order valence-electron chi connectivity index (χ2n) is 3.24. The van der Waals surface area contributed by atoms with Crippen molar-refractivity contribution >= 4 is 23.2 Å². The predicted molar refractivity (Wildman–Crippen MR) is 59.6 cm³/mol. The Morgan fingerprint density at radius 2 is 2.31 bits per heavy atom. The molecule has 16 heavy (non-hydrogen) atoms. The molecule has 1 atom stereocenters. The highest BCUT2D eigenvalue weighted by Crippen LogP contribution is 2.17. The molecule has 1 amide bonds. The van der Waals surface area contributed by atoms with E-state index in [4.69, 9.17) is 9.84 Å². The molecule has 0 saturated carbocycles. The van der Waals surface area contributed by atoms with Gasteiger partial charge < -0.3 is 15.2 Å². The number of hydrogen-bond donors (Lipinski definition) is 2. The topological polar surface area (TPSA) is 75.6 Å². The minimum absolute atomic E-state index is 0.341. The van der Waals surface area contributed by atoms with Crippen molar-refractivity contribution in [2.24, 2.45) is 0 Å². The summed E-state index contributed by atoms with van der Waals surface area (Å²) in [6, 6.07) is 0.888. The van der Waals surface area contributed by atoms with Crippen LogP contribution in [0.2, 0.25) is 0 Å². The third kappa shape index (κ3) is 3.04. The van der Waals surface area contributed by atoms with Crippen molar-refractivity contribution in [1.29, 1.82) is 0 Å². The van der Waals surface area contributed by atoms with E-state index in [1.165, 1.54) is 18.3 Å². The van der Waals surface area contributed by atoms with E-state index in [0.29, 0.717) is 11.5 Å². The number of amides is 1. The molecule has 0 saturated heterocycles. The van der Waals surface area contributed by atoms with E-state index >= 15 is 0 Å². The van der Waals surface area contributed by atoms with Gasteiger partial charge in [0.1, 0.15) is 6.04 Å². The van der Waals surface area contributed by atoms with E-state index in [-0.39, 0.29) is 5.91 Å². The molecule has 0 aliphatic rings. The van der Waals surface area contributed by atoms with E-state index < -0.39 is 12.0 Å². The maximum absolute atomic E-state index is 11.7. The quantitative estimate of drug-likeness (QED) is 0.812. The van der Waals surface area contributed by atoms with Crippen molar-refractivity contribution < 1.29 is 19.4 Å². The summed E-state index contributed by atoms with van der Waals surface area (Å²) >= 11 is 1.27. The van der Waals surface area contributed by atoms with E-state index in [0.717, 1.165) is 5.56 Å². The molecule has 0 fully saturated rings. The molecule has 1 heterocycles. The number of methoxy groups -OCH3 is 1. The van der Waals surface area contributed by atoms with Crippen molar-refractivity contribution in [3.63, 3.8) is 0 Å². The Hall–Kier alpha value is -1.40. The molecule has 1 rings (SSSR count). The average molecular weight is 243 g/mol. The van der Waals surface area contributed by atoms with Gasteiger partial charge >= 0.3 is 5.97 Å². The summed E-state index contributed by atoms with van der Waals surface area (Å²) in [5.41, 5.74) is 0.766. The van der Waals surface area contributed by atoms with Crippen molar-refractivity contribution in [1.82, 2.24) is 5.32 Å². The molecule has 5 nitrogen and oxygen atoms in total. The molecule has 1 aromatic heterocycles. The maximum atomic E-state index is 11.7. The molecule has 0 aliphatic carbocycles. The lowest BCUT2D eigenvalue weighted by Gasteiger charge is -2.09. The maximum Gasteiger partial charge on any atom is 0.325 e. The number of hydrogen-bond acceptors (Lipinski definition) is 4. The fourth-order valence-corrected chi connectivity index (χ4v) is 1.94. The summed E-state index contributed by atoms with van der Waals surface area (Å²) in [5, 5.41) is 12.8. The number of carbonyl (C=O) groups is 2. The minimum atomic E-state index is -1.06. The van der Waals surface area contributed by atoms with Crippen molar-refractivity contribution in [3.8, 4) is 0 Å². The van der Waals surface area contributed by atoms with Gasteiger partial charge in [0.05, 0.1) is 11.5 Å². The first kappa shape index (κ1) is 12.7. The van der Waals surface area contributed by atoms with Gasteiger partial charge in [-0.25, -0.2) is 0 Å². The fraction of sp³-hybridized carbons (Fsp3) is 0.400. The van der Waals surface area contributed by atoms with Crippen LogP contribution in [0.15, 0.2) is 11.4 Å². The van der Waals surface area contributed by atoms with E-state index in [1.807, 2.05) is 0 Å². The van der Waals surface area contributed by atoms with Crippen LogP contribution in [0.4, 0.5) is 0 Å². The zero-order valence-corrected chi connectivity index (χ0v) is 9.84. The molecular formula is C10H13NO4S. The largest absolute Gasteiger partial charge is 0.480 e. The summed E-state index contributed by atoms with van der Waals surface area (Å²) in [4.78, 5) is 22.8. The van der Waals surface area contributed by atoms with Gasteiger partial charge in [-0.1, -0.05) is 0 Å². The molecule has 2 N–H and O–H groups in total. The number of aliphatic carboxylic acids is 1. The van der Waals surface area contributed by atoms with Crippen LogP contribution in [-0.4, -0.2) is 30.1 Å². The Kier molecular flexibility index (Phi) is 4.45. The summed E-state index contributed by atoms with van der Waals surface area (Å²) in [5.74, 6) is -1.44. The highest BCUT2D eigenvalue weighted by Gasteiger charge is 2.18. The first-order chi connectivity index (χ1) is 7.56. The van der Waals surface area contributed by atoms with Crippen LogP contribution >= 0.6 is 11.3 Å². The number of carbonyl (C=O) groups excluding carboxylic acids is 1. The van der Waals surface area contributed by atoms with E-state index in [9.17, 15) is 9.59 Å². The fourth-order valence-electron chi connectivity index (χ4n) is 1.13. The van der Waals surface area contributed by atoms with Gasteiger partial charge in [-0.3, -0.25) is 9.59 Å². The Balaban J connectivity index is 2.72. The lowest BCUT2D eigenvalue weighted by Crippen LogP contribution is -2.38. The van der Waals surface area contributed by atoms with Crippen LogP contribution in [0.25, 0.3) is 0 Å². The van der Waals surface area contributed by atoms with Crippen molar-refractivity contribution in [2.75, 3.05) is 7.11 Å². The van der Waals surface area contributed by atoms with Crippen LogP contribution < -0.4 is 5.32 Å². The summed E-state index contributed by atoms with van der Waals surface area (Å²) in [7, 11) is 1.54. The smallest absolute Gasteiger partial charge is 0.325 e. The number of carboxylic acids is 1. The Labute approximate surface area is 97.0 Å². The van der Waals surface area contributed by atoms with Crippen LogP contribution in [0.1, 0.15) is 22.2 Å². The van der Waals surface area contributed by atoms with Crippen LogP contribution in [0, 0.1) is 0 Å². The molecule has 0 aliphatic heterocycles. The first-order valence-electron chi connectivity index (χ1n) is 4.65. The molecule has 0 aromatic carbocycles. The number of thiophene rings is 1. The highest BCUT2D eigenvalue weighted by molar-refractivity contribution is 7.12. The molecule has 88 valence electrons. The number of nitrogens with one attached hydrogen (secondary N) is 1. The summed E-state index contributed by atoms with van der Waals surface area (Å²) < 4.78 is 4.94. The van der Waals surface area contributed by atoms with Gasteiger partial charge in [-0.2, -0.15) is 0 Å². The zero-order valence-electron chi connectivity index (χ0n) is 9.02. The van der Waals surface area contributed by atoms with Crippen LogP contribution in [-0.2, 0) is 16.1 Å². The number of rotatable bonds is 5. The third-order valence-electron chi connectivity index (χ3n) is 1.97. The molecule has 6 heteroatoms. The Morgan fingerprint density at radius 1 is 1.62 bits per heavy atom. The molecular weight excluding hydrogens is 230 g/mol. The summed E-state index contributed by atoms with van der Waals surface area (Å²) in [6.45, 7) is 1.76. The molecule has 1 aromatic rings. The van der Waals surface area contributed by atoms with Crippen molar-refractivity contribution in [3.05, 3.63) is 21.9 Å². The lowest BCUT2D eigenvalue weighted by atomic mass is 10.2. The molecule has 0 bridgehead atoms. The zero-order chi connectivity index (χ0) is 12.1. The third-order valence-corrected chi connectivity index (χ3v) is 2.93. The van der Waals surface area contributed by atoms with E-state index in [2.05, 4.69) is 5.32 Å². The normalized spacial score (nSPS) is 12.1. The molecule has 0 radical (unpaired) electrons. The number of ether oxygens (including phenoxy) is 1. The second-order valence-corrected chi connectivity index (χ2v) is 4.16. The first-order valence-corrected chi connectivity index (χ1v) is 5.53. The minimum Gasteiger partial charge on any atom is -0.480 e. The summed E-state index contributed by atoms with van der Waals surface area (Å²) in [6.07, 6.45) is 0. The van der Waals surface area contributed by atoms with Gasteiger partial charge in [0.15, 0.2) is 0 Å². The van der Waals surface area contributed by atoms with Gasteiger partial charge in [-0.15, -0.1) is 11.3 Å².